The molecule has 2 amide bonds. The zero-order chi connectivity index (χ0) is 20.7. The van der Waals surface area contributed by atoms with Gasteiger partial charge in [-0.15, -0.1) is 0 Å². The van der Waals surface area contributed by atoms with Crippen LogP contribution in [0.3, 0.4) is 0 Å². The molecule has 3 aliphatic rings. The van der Waals surface area contributed by atoms with E-state index in [1.165, 1.54) is 0 Å². The highest BCUT2D eigenvalue weighted by Crippen LogP contribution is 2.31. The molecule has 5 rings (SSSR count). The van der Waals surface area contributed by atoms with Crippen LogP contribution in [-0.4, -0.2) is 70.0 Å². The third-order valence-corrected chi connectivity index (χ3v) is 6.21. The Balaban J connectivity index is 1.27. The zero-order valence-corrected chi connectivity index (χ0v) is 17.3. The molecule has 2 saturated heterocycles. The van der Waals surface area contributed by atoms with Crippen molar-refractivity contribution in [1.82, 2.24) is 19.6 Å². The molecular weight excluding hydrogens is 408 g/mol. The monoisotopic (exact) mass is 430 g/mol. The minimum absolute atomic E-state index is 0.127. The number of benzene rings is 1. The Kier molecular flexibility index (Phi) is 5.00. The van der Waals surface area contributed by atoms with Crippen molar-refractivity contribution in [2.75, 3.05) is 32.8 Å². The van der Waals surface area contributed by atoms with Gasteiger partial charge in [0.05, 0.1) is 19.8 Å². The van der Waals surface area contributed by atoms with Crippen LogP contribution in [0.2, 0.25) is 5.02 Å². The average molecular weight is 431 g/mol. The van der Waals surface area contributed by atoms with E-state index in [9.17, 15) is 9.59 Å². The Morgan fingerprint density at radius 3 is 2.60 bits per heavy atom. The first-order valence-corrected chi connectivity index (χ1v) is 10.6. The highest BCUT2D eigenvalue weighted by molar-refractivity contribution is 6.30. The third-order valence-electron chi connectivity index (χ3n) is 5.98. The summed E-state index contributed by atoms with van der Waals surface area (Å²) in [5.74, 6) is -0.807. The Hall–Kier alpha value is -2.42. The van der Waals surface area contributed by atoms with Gasteiger partial charge >= 0.3 is 0 Å². The van der Waals surface area contributed by atoms with E-state index >= 15 is 0 Å². The fourth-order valence-electron chi connectivity index (χ4n) is 4.35. The molecule has 158 valence electrons. The SMILES string of the molecule is O=C(c1cc2n(n1)CCN(Cc1cccc(Cl)c1)C2=O)N1CCC2(CC1)OCCO2. The smallest absolute Gasteiger partial charge is 0.274 e. The van der Waals surface area contributed by atoms with Gasteiger partial charge in [-0.25, -0.2) is 0 Å². The molecule has 1 aromatic carbocycles. The first kappa shape index (κ1) is 19.5. The van der Waals surface area contributed by atoms with E-state index in [4.69, 9.17) is 21.1 Å². The molecule has 0 bridgehead atoms. The van der Waals surface area contributed by atoms with Gasteiger partial charge in [-0.2, -0.15) is 5.10 Å². The number of ether oxygens (including phenoxy) is 2. The van der Waals surface area contributed by atoms with E-state index in [2.05, 4.69) is 5.10 Å². The zero-order valence-electron chi connectivity index (χ0n) is 16.6. The molecule has 8 nitrogen and oxygen atoms in total. The minimum atomic E-state index is -0.527. The summed E-state index contributed by atoms with van der Waals surface area (Å²) in [6.07, 6.45) is 1.30. The molecule has 1 aromatic heterocycles. The number of carbonyl (C=O) groups is 2. The van der Waals surface area contributed by atoms with Gasteiger partial charge in [0, 0.05) is 50.1 Å². The molecule has 2 aromatic rings. The number of hydrogen-bond donors (Lipinski definition) is 0. The molecule has 0 unspecified atom stereocenters. The summed E-state index contributed by atoms with van der Waals surface area (Å²) in [6, 6.07) is 9.10. The Bertz CT molecular complexity index is 975. The van der Waals surface area contributed by atoms with E-state index in [1.54, 1.807) is 20.5 Å². The van der Waals surface area contributed by atoms with Crippen molar-refractivity contribution in [2.24, 2.45) is 0 Å². The second-order valence-electron chi connectivity index (χ2n) is 7.89. The Morgan fingerprint density at radius 2 is 1.87 bits per heavy atom. The van der Waals surface area contributed by atoms with Gasteiger partial charge < -0.3 is 19.3 Å². The Morgan fingerprint density at radius 1 is 1.10 bits per heavy atom. The minimum Gasteiger partial charge on any atom is -0.347 e. The predicted molar refractivity (Wildman–Crippen MR) is 108 cm³/mol. The normalized spacial score (nSPS) is 20.6. The van der Waals surface area contributed by atoms with Gasteiger partial charge in [-0.1, -0.05) is 23.7 Å². The quantitative estimate of drug-likeness (QED) is 0.745. The van der Waals surface area contributed by atoms with E-state index < -0.39 is 5.79 Å². The van der Waals surface area contributed by atoms with Crippen LogP contribution < -0.4 is 0 Å². The average Bonchev–Trinajstić information content (AvgIpc) is 3.38. The third kappa shape index (κ3) is 3.59. The van der Waals surface area contributed by atoms with Crippen LogP contribution in [-0.2, 0) is 22.6 Å². The molecular formula is C21H23ClN4O4. The molecule has 4 heterocycles. The van der Waals surface area contributed by atoms with Crippen molar-refractivity contribution in [2.45, 2.75) is 31.7 Å². The summed E-state index contributed by atoms with van der Waals surface area (Å²) in [5.41, 5.74) is 1.73. The first-order valence-electron chi connectivity index (χ1n) is 10.2. The van der Waals surface area contributed by atoms with Crippen LogP contribution in [0.25, 0.3) is 0 Å². The predicted octanol–water partition coefficient (Wildman–Crippen LogP) is 2.17. The number of piperidine rings is 1. The number of aromatic nitrogens is 2. The molecule has 9 heteroatoms. The lowest BCUT2D eigenvalue weighted by Gasteiger charge is -2.37. The fourth-order valence-corrected chi connectivity index (χ4v) is 4.56. The van der Waals surface area contributed by atoms with Crippen molar-refractivity contribution in [3.05, 3.63) is 52.3 Å². The standard InChI is InChI=1S/C21H23ClN4O4/c22-16-3-1-2-15(12-16)14-25-8-9-26-18(20(25)28)13-17(23-26)19(27)24-6-4-21(5-7-24)29-10-11-30-21/h1-3,12-13H,4-11,14H2. The molecule has 0 saturated carbocycles. The van der Waals surface area contributed by atoms with Gasteiger partial charge in [0.15, 0.2) is 11.5 Å². The first-order chi connectivity index (χ1) is 14.5. The highest BCUT2D eigenvalue weighted by Gasteiger charge is 2.41. The summed E-state index contributed by atoms with van der Waals surface area (Å²) in [4.78, 5) is 29.5. The molecule has 2 fully saturated rings. The second-order valence-corrected chi connectivity index (χ2v) is 8.33. The number of halogens is 1. The molecule has 0 atom stereocenters. The van der Waals surface area contributed by atoms with E-state index in [1.807, 2.05) is 24.3 Å². The number of likely N-dealkylation sites (tertiary alicyclic amines) is 1. The number of amides is 2. The lowest BCUT2D eigenvalue weighted by atomic mass is 10.0. The van der Waals surface area contributed by atoms with Crippen LogP contribution in [0.4, 0.5) is 0 Å². The lowest BCUT2D eigenvalue weighted by molar-refractivity contribution is -0.181. The maximum absolute atomic E-state index is 13.0. The summed E-state index contributed by atoms with van der Waals surface area (Å²) in [5, 5.41) is 5.06. The van der Waals surface area contributed by atoms with Crippen LogP contribution in [0, 0.1) is 0 Å². The second kappa shape index (κ2) is 7.68. The van der Waals surface area contributed by atoms with Crippen LogP contribution in [0.5, 0.6) is 0 Å². The van der Waals surface area contributed by atoms with E-state index in [0.717, 1.165) is 5.56 Å². The van der Waals surface area contributed by atoms with Gasteiger partial charge in [0.25, 0.3) is 11.8 Å². The highest BCUT2D eigenvalue weighted by atomic mass is 35.5. The Labute approximate surface area is 179 Å². The van der Waals surface area contributed by atoms with Crippen molar-refractivity contribution in [1.29, 1.82) is 0 Å². The van der Waals surface area contributed by atoms with Gasteiger partial charge in [0.2, 0.25) is 0 Å². The van der Waals surface area contributed by atoms with E-state index in [0.29, 0.717) is 75.2 Å². The molecule has 0 radical (unpaired) electrons. The molecule has 3 aliphatic heterocycles. The molecule has 0 aliphatic carbocycles. The van der Waals surface area contributed by atoms with Crippen molar-refractivity contribution >= 4 is 23.4 Å². The van der Waals surface area contributed by atoms with Crippen LogP contribution in [0.15, 0.2) is 30.3 Å². The van der Waals surface area contributed by atoms with Gasteiger partial charge in [0.1, 0.15) is 5.69 Å². The van der Waals surface area contributed by atoms with Crippen molar-refractivity contribution < 1.29 is 19.1 Å². The van der Waals surface area contributed by atoms with Gasteiger partial charge in [-0.3, -0.25) is 14.3 Å². The number of fused-ring (bicyclic) bond motifs is 1. The largest absolute Gasteiger partial charge is 0.347 e. The number of carbonyl (C=O) groups excluding carboxylic acids is 2. The van der Waals surface area contributed by atoms with E-state index in [-0.39, 0.29) is 11.8 Å². The maximum atomic E-state index is 13.0. The fraction of sp³-hybridized carbons (Fsp3) is 0.476. The van der Waals surface area contributed by atoms with Gasteiger partial charge in [-0.05, 0) is 17.7 Å². The molecule has 30 heavy (non-hydrogen) atoms. The summed E-state index contributed by atoms with van der Waals surface area (Å²) in [6.45, 7) is 3.88. The lowest BCUT2D eigenvalue weighted by Crippen LogP contribution is -2.47. The number of nitrogens with zero attached hydrogens (tertiary/aromatic N) is 4. The summed E-state index contributed by atoms with van der Waals surface area (Å²) < 4.78 is 13.1. The van der Waals surface area contributed by atoms with Crippen LogP contribution >= 0.6 is 11.6 Å². The summed E-state index contributed by atoms with van der Waals surface area (Å²) >= 11 is 6.06. The molecule has 1 spiro atoms. The summed E-state index contributed by atoms with van der Waals surface area (Å²) in [7, 11) is 0. The van der Waals surface area contributed by atoms with Crippen molar-refractivity contribution in [3.8, 4) is 0 Å². The number of rotatable bonds is 3. The van der Waals surface area contributed by atoms with Crippen molar-refractivity contribution in [3.63, 3.8) is 0 Å². The topological polar surface area (TPSA) is 76.9 Å². The molecule has 0 N–H and O–H groups in total. The van der Waals surface area contributed by atoms with Crippen LogP contribution in [0.1, 0.15) is 39.4 Å². The maximum Gasteiger partial charge on any atom is 0.274 e. The number of hydrogen-bond acceptors (Lipinski definition) is 5.